The van der Waals surface area contributed by atoms with Crippen molar-refractivity contribution >= 4 is 5.96 Å². The Bertz CT molecular complexity index is 595. The molecule has 0 saturated carbocycles. The fourth-order valence-electron chi connectivity index (χ4n) is 3.13. The second-order valence-electron chi connectivity index (χ2n) is 7.22. The summed E-state index contributed by atoms with van der Waals surface area (Å²) in [6.07, 6.45) is 0. The highest BCUT2D eigenvalue weighted by molar-refractivity contribution is 5.79. The Kier molecular flexibility index (Phi) is 7.72. The average Bonchev–Trinajstić information content (AvgIpc) is 2.65. The van der Waals surface area contributed by atoms with Crippen LogP contribution in [0.1, 0.15) is 31.9 Å². The van der Waals surface area contributed by atoms with E-state index in [0.29, 0.717) is 6.61 Å². The molecule has 1 heterocycles. The number of hydrogen-bond donors (Lipinski definition) is 2. The Balaban J connectivity index is 1.84. The van der Waals surface area contributed by atoms with E-state index in [-0.39, 0.29) is 5.54 Å². The van der Waals surface area contributed by atoms with Gasteiger partial charge in [0.25, 0.3) is 0 Å². The third kappa shape index (κ3) is 5.88. The van der Waals surface area contributed by atoms with Crippen LogP contribution >= 0.6 is 0 Å². The highest BCUT2D eigenvalue weighted by Crippen LogP contribution is 2.19. The molecule has 1 fully saturated rings. The van der Waals surface area contributed by atoms with E-state index in [1.165, 1.54) is 5.56 Å². The van der Waals surface area contributed by atoms with E-state index in [0.717, 1.165) is 56.7 Å². The van der Waals surface area contributed by atoms with E-state index >= 15 is 0 Å². The number of guanidine groups is 1. The number of benzene rings is 1. The first-order valence-corrected chi connectivity index (χ1v) is 9.46. The average molecular weight is 363 g/mol. The van der Waals surface area contributed by atoms with Crippen molar-refractivity contribution in [3.8, 4) is 5.75 Å². The molecule has 26 heavy (non-hydrogen) atoms. The van der Waals surface area contributed by atoms with Crippen molar-refractivity contribution in [1.29, 1.82) is 0 Å². The van der Waals surface area contributed by atoms with E-state index in [1.54, 1.807) is 7.05 Å². The second kappa shape index (κ2) is 9.78. The van der Waals surface area contributed by atoms with Crippen LogP contribution in [0.5, 0.6) is 5.75 Å². The van der Waals surface area contributed by atoms with Gasteiger partial charge in [0.1, 0.15) is 5.75 Å². The van der Waals surface area contributed by atoms with Gasteiger partial charge in [-0.2, -0.15) is 0 Å². The first-order valence-electron chi connectivity index (χ1n) is 9.46. The van der Waals surface area contributed by atoms with Gasteiger partial charge in [-0.3, -0.25) is 9.89 Å². The molecule has 6 heteroatoms. The molecule has 0 radical (unpaired) electrons. The maximum Gasteiger partial charge on any atom is 0.191 e. The second-order valence-corrected chi connectivity index (χ2v) is 7.22. The number of aliphatic imine (C=N–C) groups is 1. The van der Waals surface area contributed by atoms with Gasteiger partial charge < -0.3 is 20.1 Å². The van der Waals surface area contributed by atoms with Gasteiger partial charge in [0.15, 0.2) is 5.96 Å². The highest BCUT2D eigenvalue weighted by atomic mass is 16.5. The van der Waals surface area contributed by atoms with Gasteiger partial charge >= 0.3 is 0 Å². The summed E-state index contributed by atoms with van der Waals surface area (Å²) in [6.45, 7) is 14.4. The largest absolute Gasteiger partial charge is 0.494 e. The lowest BCUT2D eigenvalue weighted by molar-refractivity contribution is -0.00834. The summed E-state index contributed by atoms with van der Waals surface area (Å²) in [5.41, 5.74) is 2.42. The number of nitrogens with zero attached hydrogens (tertiary/aromatic N) is 2. The molecule has 0 spiro atoms. The zero-order valence-corrected chi connectivity index (χ0v) is 16.9. The summed E-state index contributed by atoms with van der Waals surface area (Å²) < 4.78 is 11.1. The molecule has 0 aliphatic carbocycles. The molecular formula is C20H34N4O2. The van der Waals surface area contributed by atoms with Crippen LogP contribution in [0.3, 0.4) is 0 Å². The first kappa shape index (κ1) is 20.5. The Hall–Kier alpha value is -1.79. The normalized spacial score (nSPS) is 16.4. The fourth-order valence-corrected chi connectivity index (χ4v) is 3.13. The van der Waals surface area contributed by atoms with Crippen molar-refractivity contribution in [3.05, 3.63) is 29.3 Å². The van der Waals surface area contributed by atoms with Gasteiger partial charge in [-0.15, -0.1) is 0 Å². The van der Waals surface area contributed by atoms with Gasteiger partial charge in [-0.1, -0.05) is 12.1 Å². The van der Waals surface area contributed by atoms with Crippen LogP contribution in [0.2, 0.25) is 0 Å². The minimum atomic E-state index is 0.0527. The molecule has 0 unspecified atom stereocenters. The molecule has 1 aliphatic heterocycles. The quantitative estimate of drug-likeness (QED) is 0.575. The predicted octanol–water partition coefficient (Wildman–Crippen LogP) is 2.17. The van der Waals surface area contributed by atoms with E-state index in [1.807, 2.05) is 13.0 Å². The van der Waals surface area contributed by atoms with E-state index < -0.39 is 0 Å². The molecule has 6 nitrogen and oxygen atoms in total. The Morgan fingerprint density at radius 1 is 1.27 bits per heavy atom. The van der Waals surface area contributed by atoms with Crippen molar-refractivity contribution in [2.45, 2.75) is 39.8 Å². The van der Waals surface area contributed by atoms with E-state index in [2.05, 4.69) is 53.4 Å². The van der Waals surface area contributed by atoms with Crippen molar-refractivity contribution in [2.75, 3.05) is 46.5 Å². The summed E-state index contributed by atoms with van der Waals surface area (Å²) in [6, 6.07) is 6.28. The van der Waals surface area contributed by atoms with Gasteiger partial charge in [0.2, 0.25) is 0 Å². The summed E-state index contributed by atoms with van der Waals surface area (Å²) in [5.74, 6) is 1.77. The predicted molar refractivity (Wildman–Crippen MR) is 107 cm³/mol. The number of nitrogens with one attached hydrogen (secondary N) is 2. The molecule has 0 bridgehead atoms. The topological polar surface area (TPSA) is 58.1 Å². The minimum absolute atomic E-state index is 0.0527. The smallest absolute Gasteiger partial charge is 0.191 e. The zero-order chi connectivity index (χ0) is 19.0. The number of rotatable bonds is 7. The summed E-state index contributed by atoms with van der Waals surface area (Å²) in [7, 11) is 1.81. The zero-order valence-electron chi connectivity index (χ0n) is 16.9. The SMILES string of the molecule is CCOc1ccc(CNC(=NC)NCC(C)(C)N2CCOCC2)cc1C. The van der Waals surface area contributed by atoms with Crippen LogP contribution in [0.15, 0.2) is 23.2 Å². The number of hydrogen-bond acceptors (Lipinski definition) is 4. The molecular weight excluding hydrogens is 328 g/mol. The van der Waals surface area contributed by atoms with E-state index in [4.69, 9.17) is 9.47 Å². The Labute approximate surface area is 158 Å². The maximum atomic E-state index is 5.60. The van der Waals surface area contributed by atoms with Crippen molar-refractivity contribution in [2.24, 2.45) is 4.99 Å². The molecule has 0 amide bonds. The highest BCUT2D eigenvalue weighted by Gasteiger charge is 2.28. The molecule has 1 aromatic rings. The summed E-state index contributed by atoms with van der Waals surface area (Å²) >= 11 is 0. The van der Waals surface area contributed by atoms with Crippen LogP contribution < -0.4 is 15.4 Å². The molecule has 2 rings (SSSR count). The van der Waals surface area contributed by atoms with Gasteiger partial charge in [0, 0.05) is 38.8 Å². The van der Waals surface area contributed by atoms with Gasteiger partial charge in [0.05, 0.1) is 19.8 Å². The van der Waals surface area contributed by atoms with Crippen molar-refractivity contribution in [1.82, 2.24) is 15.5 Å². The lowest BCUT2D eigenvalue weighted by Gasteiger charge is -2.41. The van der Waals surface area contributed by atoms with Crippen LogP contribution in [0, 0.1) is 6.92 Å². The maximum absolute atomic E-state index is 5.60. The summed E-state index contributed by atoms with van der Waals surface area (Å²) in [5, 5.41) is 6.85. The Morgan fingerprint density at radius 2 is 2.00 bits per heavy atom. The molecule has 1 aromatic carbocycles. The van der Waals surface area contributed by atoms with Gasteiger partial charge in [-0.25, -0.2) is 0 Å². The van der Waals surface area contributed by atoms with Crippen molar-refractivity contribution in [3.63, 3.8) is 0 Å². The molecule has 2 N–H and O–H groups in total. The third-order valence-corrected chi connectivity index (χ3v) is 4.78. The van der Waals surface area contributed by atoms with Gasteiger partial charge in [-0.05, 0) is 44.9 Å². The first-order chi connectivity index (χ1) is 12.5. The Morgan fingerprint density at radius 3 is 2.62 bits per heavy atom. The number of aryl methyl sites for hydroxylation is 1. The van der Waals surface area contributed by atoms with Crippen LogP contribution in [0.25, 0.3) is 0 Å². The minimum Gasteiger partial charge on any atom is -0.494 e. The standard InChI is InChI=1S/C20H34N4O2/c1-6-26-18-8-7-17(13-16(18)2)14-22-19(21-5)23-15-20(3,4)24-9-11-25-12-10-24/h7-8,13H,6,9-12,14-15H2,1-5H3,(H2,21,22,23). The molecule has 1 saturated heterocycles. The lowest BCUT2D eigenvalue weighted by atomic mass is 10.0. The monoisotopic (exact) mass is 362 g/mol. The fraction of sp³-hybridized carbons (Fsp3) is 0.650. The molecule has 1 aliphatic rings. The van der Waals surface area contributed by atoms with Crippen molar-refractivity contribution < 1.29 is 9.47 Å². The van der Waals surface area contributed by atoms with Crippen LogP contribution in [-0.4, -0.2) is 62.9 Å². The van der Waals surface area contributed by atoms with E-state index in [9.17, 15) is 0 Å². The molecule has 146 valence electrons. The van der Waals surface area contributed by atoms with Crippen LogP contribution in [0.4, 0.5) is 0 Å². The number of morpholine rings is 1. The lowest BCUT2D eigenvalue weighted by Crippen LogP contribution is -2.56. The molecule has 0 aromatic heterocycles. The number of ether oxygens (including phenoxy) is 2. The van der Waals surface area contributed by atoms with Crippen LogP contribution in [-0.2, 0) is 11.3 Å². The molecule has 0 atom stereocenters. The summed E-state index contributed by atoms with van der Waals surface area (Å²) in [4.78, 5) is 6.81. The third-order valence-electron chi connectivity index (χ3n) is 4.78.